The fraction of sp³-hybridized carbons (Fsp3) is 0.300. The zero-order chi connectivity index (χ0) is 17.9. The van der Waals surface area contributed by atoms with Gasteiger partial charge >= 0.3 is 6.03 Å². The van der Waals surface area contributed by atoms with Gasteiger partial charge < -0.3 is 16.0 Å². The lowest BCUT2D eigenvalue weighted by atomic mass is 10.1. The van der Waals surface area contributed by atoms with Crippen molar-refractivity contribution in [2.45, 2.75) is 26.1 Å². The number of nitrogens with one attached hydrogen (secondary N) is 3. The van der Waals surface area contributed by atoms with Crippen LogP contribution in [0.4, 0.5) is 10.5 Å². The number of anilines is 1. The Balaban J connectivity index is 1.43. The molecule has 0 aliphatic carbocycles. The molecule has 1 fully saturated rings. The van der Waals surface area contributed by atoms with Crippen molar-refractivity contribution < 1.29 is 9.59 Å². The van der Waals surface area contributed by atoms with Gasteiger partial charge in [-0.1, -0.05) is 24.3 Å². The van der Waals surface area contributed by atoms with E-state index >= 15 is 0 Å². The van der Waals surface area contributed by atoms with Crippen LogP contribution in [0.1, 0.15) is 33.5 Å². The average molecular weight is 350 g/mol. The second-order valence-corrected chi connectivity index (χ2v) is 6.68. The Labute approximate surface area is 152 Å². The number of hydrogen-bond acceptors (Lipinski definition) is 3. The van der Waals surface area contributed by atoms with Gasteiger partial charge in [-0.3, -0.25) is 9.69 Å². The molecule has 0 atom stereocenters. The maximum absolute atomic E-state index is 12.5. The molecule has 0 radical (unpaired) electrons. The summed E-state index contributed by atoms with van der Waals surface area (Å²) >= 11 is 0. The monoisotopic (exact) mass is 350 g/mol. The SMILES string of the molecule is O=C(NCc1ccc2c(c1)CNC2)c1cccc(N2CCCNC2=O)c1. The summed E-state index contributed by atoms with van der Waals surface area (Å²) in [7, 11) is 0. The number of benzene rings is 2. The number of carbonyl (C=O) groups is 2. The van der Waals surface area contributed by atoms with E-state index in [-0.39, 0.29) is 11.9 Å². The fourth-order valence-electron chi connectivity index (χ4n) is 3.43. The maximum Gasteiger partial charge on any atom is 0.321 e. The molecule has 2 aromatic carbocycles. The van der Waals surface area contributed by atoms with Crippen LogP contribution in [-0.4, -0.2) is 25.0 Å². The summed E-state index contributed by atoms with van der Waals surface area (Å²) in [4.78, 5) is 26.2. The van der Waals surface area contributed by atoms with Gasteiger partial charge in [0.05, 0.1) is 0 Å². The van der Waals surface area contributed by atoms with Gasteiger partial charge in [-0.05, 0) is 41.3 Å². The summed E-state index contributed by atoms with van der Waals surface area (Å²) in [6.45, 7) is 3.66. The van der Waals surface area contributed by atoms with Gasteiger partial charge in [0.15, 0.2) is 0 Å². The number of urea groups is 1. The zero-order valence-electron chi connectivity index (χ0n) is 14.5. The van der Waals surface area contributed by atoms with Crippen molar-refractivity contribution >= 4 is 17.6 Å². The molecule has 2 aromatic rings. The van der Waals surface area contributed by atoms with E-state index in [1.165, 1.54) is 11.1 Å². The van der Waals surface area contributed by atoms with E-state index in [4.69, 9.17) is 0 Å². The second-order valence-electron chi connectivity index (χ2n) is 6.68. The van der Waals surface area contributed by atoms with Crippen molar-refractivity contribution in [1.82, 2.24) is 16.0 Å². The number of nitrogens with zero attached hydrogens (tertiary/aromatic N) is 1. The van der Waals surface area contributed by atoms with Crippen molar-refractivity contribution in [2.75, 3.05) is 18.0 Å². The minimum atomic E-state index is -0.136. The van der Waals surface area contributed by atoms with E-state index < -0.39 is 0 Å². The summed E-state index contributed by atoms with van der Waals surface area (Å²) in [6, 6.07) is 13.4. The zero-order valence-corrected chi connectivity index (χ0v) is 14.5. The Bertz CT molecular complexity index is 849. The normalized spacial score (nSPS) is 16.2. The molecule has 2 heterocycles. The van der Waals surface area contributed by atoms with Gasteiger partial charge in [0.25, 0.3) is 5.91 Å². The van der Waals surface area contributed by atoms with Crippen LogP contribution < -0.4 is 20.9 Å². The van der Waals surface area contributed by atoms with Crippen molar-refractivity contribution in [3.8, 4) is 0 Å². The Morgan fingerprint density at radius 3 is 2.88 bits per heavy atom. The van der Waals surface area contributed by atoms with Gasteiger partial charge in [-0.2, -0.15) is 0 Å². The third-order valence-corrected chi connectivity index (χ3v) is 4.85. The summed E-state index contributed by atoms with van der Waals surface area (Å²) in [6.07, 6.45) is 0.898. The van der Waals surface area contributed by atoms with Gasteiger partial charge in [-0.25, -0.2) is 4.79 Å². The summed E-state index contributed by atoms with van der Waals surface area (Å²) in [5.74, 6) is -0.136. The van der Waals surface area contributed by atoms with Gasteiger partial charge in [-0.15, -0.1) is 0 Å². The Hall–Kier alpha value is -2.86. The first kappa shape index (κ1) is 16.6. The molecule has 2 aliphatic rings. The Morgan fingerprint density at radius 2 is 2.00 bits per heavy atom. The van der Waals surface area contributed by atoms with E-state index in [0.29, 0.717) is 25.2 Å². The highest BCUT2D eigenvalue weighted by atomic mass is 16.2. The van der Waals surface area contributed by atoms with Gasteiger partial charge in [0, 0.05) is 44.0 Å². The second kappa shape index (κ2) is 7.17. The topological polar surface area (TPSA) is 73.5 Å². The largest absolute Gasteiger partial charge is 0.348 e. The molecule has 2 aliphatic heterocycles. The van der Waals surface area contributed by atoms with Gasteiger partial charge in [0.2, 0.25) is 0 Å². The lowest BCUT2D eigenvalue weighted by Gasteiger charge is -2.27. The molecule has 26 heavy (non-hydrogen) atoms. The molecular formula is C20H22N4O2. The fourth-order valence-corrected chi connectivity index (χ4v) is 3.43. The molecule has 0 saturated carbocycles. The minimum absolute atomic E-state index is 0.111. The molecular weight excluding hydrogens is 328 g/mol. The molecule has 0 aromatic heterocycles. The summed E-state index contributed by atoms with van der Waals surface area (Å²) in [5, 5.41) is 9.12. The number of carbonyl (C=O) groups excluding carboxylic acids is 2. The Morgan fingerprint density at radius 1 is 1.12 bits per heavy atom. The number of hydrogen-bond donors (Lipinski definition) is 3. The predicted octanol–water partition coefficient (Wildman–Crippen LogP) is 2.14. The van der Waals surface area contributed by atoms with Gasteiger partial charge in [0.1, 0.15) is 0 Å². The van der Waals surface area contributed by atoms with Crippen LogP contribution in [0, 0.1) is 0 Å². The van der Waals surface area contributed by atoms with Crippen LogP contribution in [0.5, 0.6) is 0 Å². The molecule has 0 unspecified atom stereocenters. The summed E-state index contributed by atoms with van der Waals surface area (Å²) in [5.41, 5.74) is 5.02. The molecule has 1 saturated heterocycles. The lowest BCUT2D eigenvalue weighted by molar-refractivity contribution is 0.0951. The molecule has 6 heteroatoms. The third kappa shape index (κ3) is 3.41. The van der Waals surface area contributed by atoms with Crippen LogP contribution in [0.2, 0.25) is 0 Å². The molecule has 0 bridgehead atoms. The number of amides is 3. The molecule has 134 valence electrons. The standard InChI is InChI=1S/C20H22N4O2/c25-19(23-11-14-5-6-16-12-21-13-17(16)9-14)15-3-1-4-18(10-15)24-8-2-7-22-20(24)26/h1,3-6,9-10,21H,2,7-8,11-13H2,(H,22,26)(H,23,25). The van der Waals surface area contributed by atoms with Crippen LogP contribution in [-0.2, 0) is 19.6 Å². The highest BCUT2D eigenvalue weighted by Gasteiger charge is 2.20. The highest BCUT2D eigenvalue weighted by Crippen LogP contribution is 2.19. The van der Waals surface area contributed by atoms with Crippen LogP contribution in [0.15, 0.2) is 42.5 Å². The third-order valence-electron chi connectivity index (χ3n) is 4.85. The molecule has 4 rings (SSSR count). The average Bonchev–Trinajstić information content (AvgIpc) is 3.14. The van der Waals surface area contributed by atoms with Crippen LogP contribution in [0.25, 0.3) is 0 Å². The number of fused-ring (bicyclic) bond motifs is 1. The van der Waals surface area contributed by atoms with Crippen LogP contribution >= 0.6 is 0 Å². The van der Waals surface area contributed by atoms with Crippen molar-refractivity contribution in [2.24, 2.45) is 0 Å². The summed E-state index contributed by atoms with van der Waals surface area (Å²) < 4.78 is 0. The van der Waals surface area contributed by atoms with Crippen molar-refractivity contribution in [3.63, 3.8) is 0 Å². The predicted molar refractivity (Wildman–Crippen MR) is 100.0 cm³/mol. The first-order valence-corrected chi connectivity index (χ1v) is 8.96. The molecule has 3 amide bonds. The van der Waals surface area contributed by atoms with E-state index in [0.717, 1.165) is 30.8 Å². The first-order chi connectivity index (χ1) is 12.7. The smallest absolute Gasteiger partial charge is 0.321 e. The van der Waals surface area contributed by atoms with E-state index in [1.54, 1.807) is 17.0 Å². The quantitative estimate of drug-likeness (QED) is 0.791. The van der Waals surface area contributed by atoms with Crippen molar-refractivity contribution in [1.29, 1.82) is 0 Å². The molecule has 6 nitrogen and oxygen atoms in total. The number of rotatable bonds is 4. The highest BCUT2D eigenvalue weighted by molar-refractivity contribution is 5.97. The van der Waals surface area contributed by atoms with E-state index in [1.807, 2.05) is 12.1 Å². The lowest BCUT2D eigenvalue weighted by Crippen LogP contribution is -2.46. The minimum Gasteiger partial charge on any atom is -0.348 e. The van der Waals surface area contributed by atoms with Crippen molar-refractivity contribution in [3.05, 3.63) is 64.7 Å². The molecule has 0 spiro atoms. The molecule has 3 N–H and O–H groups in total. The first-order valence-electron chi connectivity index (χ1n) is 8.96. The van der Waals surface area contributed by atoms with Crippen LogP contribution in [0.3, 0.4) is 0 Å². The van der Waals surface area contributed by atoms with E-state index in [2.05, 4.69) is 34.1 Å². The van der Waals surface area contributed by atoms with E-state index in [9.17, 15) is 9.59 Å². The maximum atomic E-state index is 12.5. The Kier molecular flexibility index (Phi) is 4.58.